The summed E-state index contributed by atoms with van der Waals surface area (Å²) in [7, 11) is 3.35. The van der Waals surface area contributed by atoms with E-state index in [-0.39, 0.29) is 30.7 Å². The summed E-state index contributed by atoms with van der Waals surface area (Å²) in [4.78, 5) is 17.1. The first-order valence-corrected chi connectivity index (χ1v) is 9.50. The van der Waals surface area contributed by atoms with Crippen LogP contribution in [0.2, 0.25) is 5.02 Å². The number of methoxy groups -OCH3 is 1. The molecule has 1 amide bonds. The second-order valence-corrected chi connectivity index (χ2v) is 7.54. The quantitative estimate of drug-likeness (QED) is 0.650. The van der Waals surface area contributed by atoms with Gasteiger partial charge in [-0.25, -0.2) is 0 Å². The molecular weight excluding hydrogens is 433 g/mol. The number of amides is 1. The fourth-order valence-electron chi connectivity index (χ4n) is 3.63. The van der Waals surface area contributed by atoms with Crippen molar-refractivity contribution in [3.63, 3.8) is 0 Å². The van der Waals surface area contributed by atoms with Crippen molar-refractivity contribution in [1.29, 1.82) is 0 Å². The third-order valence-electron chi connectivity index (χ3n) is 5.05. The van der Waals surface area contributed by atoms with Gasteiger partial charge in [0.2, 0.25) is 0 Å². The predicted octanol–water partition coefficient (Wildman–Crippen LogP) is 4.37. The second-order valence-electron chi connectivity index (χ2n) is 7.14. The van der Waals surface area contributed by atoms with Crippen molar-refractivity contribution < 1.29 is 9.53 Å². The van der Waals surface area contributed by atoms with Gasteiger partial charge in [0.1, 0.15) is 5.75 Å². The number of carbonyl (C=O) groups is 1. The van der Waals surface area contributed by atoms with E-state index in [9.17, 15) is 4.79 Å². The SMILES string of the molecule is COc1cc(N)c(Cl)cc1C(=O)N(C)CC1CCN(Cc2ccccc2)C1.Cl.Cl. The molecule has 1 unspecified atom stereocenters. The molecule has 1 heterocycles. The Kier molecular flexibility index (Phi) is 10.1. The van der Waals surface area contributed by atoms with Crippen LogP contribution in [0.4, 0.5) is 5.69 Å². The zero-order chi connectivity index (χ0) is 19.4. The number of anilines is 1. The van der Waals surface area contributed by atoms with Gasteiger partial charge in [0.05, 0.1) is 23.4 Å². The summed E-state index contributed by atoms with van der Waals surface area (Å²) in [6.07, 6.45) is 1.09. The Hall–Kier alpha value is -1.66. The lowest BCUT2D eigenvalue weighted by molar-refractivity contribution is 0.0770. The van der Waals surface area contributed by atoms with Gasteiger partial charge in [0, 0.05) is 32.7 Å². The Morgan fingerprint density at radius 1 is 1.28 bits per heavy atom. The average molecular weight is 461 g/mol. The van der Waals surface area contributed by atoms with Crippen LogP contribution in [0.1, 0.15) is 22.3 Å². The number of nitrogens with zero attached hydrogens (tertiary/aromatic N) is 2. The van der Waals surface area contributed by atoms with E-state index in [0.717, 1.165) is 26.1 Å². The van der Waals surface area contributed by atoms with Gasteiger partial charge in [-0.15, -0.1) is 24.8 Å². The number of benzene rings is 2. The maximum Gasteiger partial charge on any atom is 0.257 e. The summed E-state index contributed by atoms with van der Waals surface area (Å²) in [5, 5.41) is 0.363. The maximum absolute atomic E-state index is 12.9. The molecular formula is C21H28Cl3N3O2. The van der Waals surface area contributed by atoms with Crippen LogP contribution in [-0.2, 0) is 6.54 Å². The van der Waals surface area contributed by atoms with E-state index in [4.69, 9.17) is 22.1 Å². The van der Waals surface area contributed by atoms with Gasteiger partial charge in [-0.2, -0.15) is 0 Å². The summed E-state index contributed by atoms with van der Waals surface area (Å²) >= 11 is 6.10. The fraction of sp³-hybridized carbons (Fsp3) is 0.381. The highest BCUT2D eigenvalue weighted by Gasteiger charge is 2.26. The first-order chi connectivity index (χ1) is 13.0. The molecule has 2 aromatic carbocycles. The molecule has 5 nitrogen and oxygen atoms in total. The van der Waals surface area contributed by atoms with Crippen molar-refractivity contribution in [3.05, 3.63) is 58.6 Å². The standard InChI is InChI=1S/C21H26ClN3O2.2ClH/c1-24(21(26)17-10-18(22)19(23)11-20(17)27-2)12-16-8-9-25(14-16)13-15-6-4-3-5-7-15;;/h3-7,10-11,16H,8-9,12-14,23H2,1-2H3;2*1H. The molecule has 160 valence electrons. The van der Waals surface area contributed by atoms with E-state index in [0.29, 0.717) is 34.5 Å². The molecule has 0 aliphatic carbocycles. The molecule has 1 aliphatic rings. The van der Waals surface area contributed by atoms with Crippen LogP contribution in [0.5, 0.6) is 5.75 Å². The monoisotopic (exact) mass is 459 g/mol. The molecule has 8 heteroatoms. The Bertz CT molecular complexity index is 805. The van der Waals surface area contributed by atoms with Gasteiger partial charge < -0.3 is 15.4 Å². The minimum Gasteiger partial charge on any atom is -0.496 e. The van der Waals surface area contributed by atoms with Crippen LogP contribution >= 0.6 is 36.4 Å². The molecule has 2 N–H and O–H groups in total. The maximum atomic E-state index is 12.9. The second kappa shape index (κ2) is 11.5. The highest BCUT2D eigenvalue weighted by atomic mass is 35.5. The minimum absolute atomic E-state index is 0. The zero-order valence-electron chi connectivity index (χ0n) is 16.6. The minimum atomic E-state index is -0.102. The van der Waals surface area contributed by atoms with Crippen molar-refractivity contribution in [2.24, 2.45) is 5.92 Å². The molecule has 1 fully saturated rings. The summed E-state index contributed by atoms with van der Waals surface area (Å²) < 4.78 is 5.31. The summed E-state index contributed by atoms with van der Waals surface area (Å²) in [5.41, 5.74) is 7.98. The first kappa shape index (κ1) is 25.4. The van der Waals surface area contributed by atoms with Crippen molar-refractivity contribution in [2.75, 3.05) is 39.5 Å². The number of hydrogen-bond donors (Lipinski definition) is 1. The summed E-state index contributed by atoms with van der Waals surface area (Å²) in [6.45, 7) is 3.70. The van der Waals surface area contributed by atoms with Gasteiger partial charge in [0.25, 0.3) is 5.91 Å². The number of halogens is 3. The fourth-order valence-corrected chi connectivity index (χ4v) is 3.79. The molecule has 29 heavy (non-hydrogen) atoms. The summed E-state index contributed by atoms with van der Waals surface area (Å²) in [5.74, 6) is 0.805. The van der Waals surface area contributed by atoms with Gasteiger partial charge in [-0.1, -0.05) is 41.9 Å². The van der Waals surface area contributed by atoms with Gasteiger partial charge in [0.15, 0.2) is 0 Å². The van der Waals surface area contributed by atoms with Crippen LogP contribution in [0, 0.1) is 5.92 Å². The number of nitrogens with two attached hydrogens (primary N) is 1. The largest absolute Gasteiger partial charge is 0.496 e. The number of nitrogen functional groups attached to an aromatic ring is 1. The lowest BCUT2D eigenvalue weighted by Gasteiger charge is -2.23. The number of rotatable bonds is 6. The van der Waals surface area contributed by atoms with E-state index in [1.165, 1.54) is 12.7 Å². The highest BCUT2D eigenvalue weighted by Crippen LogP contribution is 2.30. The van der Waals surface area contributed by atoms with E-state index < -0.39 is 0 Å². The first-order valence-electron chi connectivity index (χ1n) is 9.12. The molecule has 3 rings (SSSR count). The van der Waals surface area contributed by atoms with E-state index in [1.807, 2.05) is 13.1 Å². The van der Waals surface area contributed by atoms with Crippen LogP contribution in [0.15, 0.2) is 42.5 Å². The third-order valence-corrected chi connectivity index (χ3v) is 5.37. The topological polar surface area (TPSA) is 58.8 Å². The highest BCUT2D eigenvalue weighted by molar-refractivity contribution is 6.33. The predicted molar refractivity (Wildman–Crippen MR) is 124 cm³/mol. The molecule has 0 bridgehead atoms. The van der Waals surface area contributed by atoms with E-state index in [1.54, 1.807) is 17.0 Å². The normalized spacial score (nSPS) is 15.9. The van der Waals surface area contributed by atoms with E-state index >= 15 is 0 Å². The Labute approximate surface area is 190 Å². The molecule has 0 saturated carbocycles. The number of carbonyl (C=O) groups excluding carboxylic acids is 1. The Morgan fingerprint density at radius 2 is 1.97 bits per heavy atom. The van der Waals surface area contributed by atoms with Crippen molar-refractivity contribution in [1.82, 2.24) is 9.80 Å². The number of ether oxygens (including phenoxy) is 1. The molecule has 2 aromatic rings. The van der Waals surface area contributed by atoms with Crippen LogP contribution in [0.3, 0.4) is 0 Å². The lowest BCUT2D eigenvalue weighted by atomic mass is 10.1. The number of hydrogen-bond acceptors (Lipinski definition) is 4. The molecule has 1 saturated heterocycles. The molecule has 0 spiro atoms. The van der Waals surface area contributed by atoms with Crippen molar-refractivity contribution in [2.45, 2.75) is 13.0 Å². The summed E-state index contributed by atoms with van der Waals surface area (Å²) in [6, 6.07) is 13.7. The zero-order valence-corrected chi connectivity index (χ0v) is 19.0. The average Bonchev–Trinajstić information content (AvgIpc) is 3.10. The van der Waals surface area contributed by atoms with Gasteiger partial charge in [-0.05, 0) is 30.5 Å². The van der Waals surface area contributed by atoms with Crippen molar-refractivity contribution >= 4 is 48.0 Å². The van der Waals surface area contributed by atoms with Gasteiger partial charge in [-0.3, -0.25) is 9.69 Å². The van der Waals surface area contributed by atoms with Gasteiger partial charge >= 0.3 is 0 Å². The van der Waals surface area contributed by atoms with Crippen LogP contribution < -0.4 is 10.5 Å². The molecule has 1 atom stereocenters. The molecule has 1 aliphatic heterocycles. The Balaban J connectivity index is 0.00000210. The van der Waals surface area contributed by atoms with Crippen molar-refractivity contribution in [3.8, 4) is 5.75 Å². The van der Waals surface area contributed by atoms with Crippen LogP contribution in [0.25, 0.3) is 0 Å². The van der Waals surface area contributed by atoms with Crippen LogP contribution in [-0.4, -0.2) is 49.5 Å². The Morgan fingerprint density at radius 3 is 2.62 bits per heavy atom. The lowest BCUT2D eigenvalue weighted by Crippen LogP contribution is -2.33. The molecule has 0 radical (unpaired) electrons. The molecule has 0 aromatic heterocycles. The third kappa shape index (κ3) is 6.41. The number of likely N-dealkylation sites (tertiary alicyclic amines) is 1. The van der Waals surface area contributed by atoms with E-state index in [2.05, 4.69) is 29.2 Å². The smallest absolute Gasteiger partial charge is 0.257 e.